The van der Waals surface area contributed by atoms with Crippen molar-refractivity contribution < 1.29 is 0 Å². The van der Waals surface area contributed by atoms with E-state index in [1.54, 1.807) is 0 Å². The van der Waals surface area contributed by atoms with Gasteiger partial charge in [0, 0.05) is 11.1 Å². The lowest BCUT2D eigenvalue weighted by molar-refractivity contribution is 0.407. The van der Waals surface area contributed by atoms with E-state index < -0.39 is 0 Å². The molecule has 0 atom stereocenters. The zero-order chi connectivity index (χ0) is 9.35. The van der Waals surface area contributed by atoms with E-state index in [-0.39, 0.29) is 11.6 Å². The van der Waals surface area contributed by atoms with Gasteiger partial charge >= 0.3 is 0 Å². The van der Waals surface area contributed by atoms with Crippen LogP contribution in [0.4, 0.5) is 0 Å². The fourth-order valence-corrected chi connectivity index (χ4v) is 0.919. The number of aromatic amines is 1. The summed E-state index contributed by atoms with van der Waals surface area (Å²) in [6.45, 7) is 5.91. The summed E-state index contributed by atoms with van der Waals surface area (Å²) in [6, 6.07) is 1.96. The Labute approximate surface area is 72.3 Å². The molecule has 0 aliphatic heterocycles. The molecule has 0 unspecified atom stereocenters. The minimum atomic E-state index is -0.389. The summed E-state index contributed by atoms with van der Waals surface area (Å²) < 4.78 is 0. The minimum Gasteiger partial charge on any atom is -0.315 e. The van der Waals surface area contributed by atoms with E-state index in [2.05, 4.69) is 10.2 Å². The van der Waals surface area contributed by atoms with Crippen LogP contribution in [0.25, 0.3) is 0 Å². The first-order valence-corrected chi connectivity index (χ1v) is 3.98. The predicted molar refractivity (Wildman–Crippen MR) is 48.5 cm³/mol. The Balaban J connectivity index is 2.97. The van der Waals surface area contributed by atoms with E-state index in [4.69, 9.17) is 11.5 Å². The molecule has 0 amide bonds. The van der Waals surface area contributed by atoms with E-state index in [1.807, 2.05) is 26.8 Å². The molecule has 0 aliphatic rings. The van der Waals surface area contributed by atoms with Crippen LogP contribution < -0.4 is 11.5 Å². The maximum atomic E-state index is 5.64. The molecule has 5 N–H and O–H groups in total. The summed E-state index contributed by atoms with van der Waals surface area (Å²) in [5, 5.41) is 6.99. The molecule has 0 fully saturated rings. The zero-order valence-electron chi connectivity index (χ0n) is 7.76. The first kappa shape index (κ1) is 9.22. The average molecular weight is 168 g/mol. The second-order valence-corrected chi connectivity index (χ2v) is 3.68. The second-order valence-electron chi connectivity index (χ2n) is 3.68. The SMILES string of the molecule is Cc1cc(C(C)(C)C(N)N)n[nH]1. The van der Waals surface area contributed by atoms with Gasteiger partial charge in [-0.2, -0.15) is 5.10 Å². The van der Waals surface area contributed by atoms with Crippen LogP contribution in [-0.4, -0.2) is 16.4 Å². The van der Waals surface area contributed by atoms with Crippen LogP contribution in [0.1, 0.15) is 25.2 Å². The average Bonchev–Trinajstić information content (AvgIpc) is 2.35. The van der Waals surface area contributed by atoms with Gasteiger partial charge in [-0.3, -0.25) is 5.10 Å². The third kappa shape index (κ3) is 1.49. The number of rotatable bonds is 2. The number of H-pyrrole nitrogens is 1. The lowest BCUT2D eigenvalue weighted by atomic mass is 9.86. The summed E-state index contributed by atoms with van der Waals surface area (Å²) in [7, 11) is 0. The maximum absolute atomic E-state index is 5.64. The third-order valence-electron chi connectivity index (χ3n) is 2.20. The van der Waals surface area contributed by atoms with Gasteiger partial charge in [0.05, 0.1) is 11.9 Å². The minimum absolute atomic E-state index is 0.273. The quantitative estimate of drug-likeness (QED) is 0.553. The molecule has 0 aliphatic carbocycles. The fourth-order valence-electron chi connectivity index (χ4n) is 0.919. The highest BCUT2D eigenvalue weighted by Gasteiger charge is 2.28. The maximum Gasteiger partial charge on any atom is 0.0709 e. The number of nitrogens with one attached hydrogen (secondary N) is 1. The van der Waals surface area contributed by atoms with E-state index in [1.165, 1.54) is 0 Å². The summed E-state index contributed by atoms with van der Waals surface area (Å²) in [4.78, 5) is 0. The Bertz CT molecular complexity index is 262. The van der Waals surface area contributed by atoms with Crippen LogP contribution in [0.5, 0.6) is 0 Å². The Kier molecular flexibility index (Phi) is 2.21. The van der Waals surface area contributed by atoms with Crippen LogP contribution >= 0.6 is 0 Å². The van der Waals surface area contributed by atoms with E-state index in [9.17, 15) is 0 Å². The van der Waals surface area contributed by atoms with Crippen molar-refractivity contribution in [3.8, 4) is 0 Å². The van der Waals surface area contributed by atoms with E-state index in [0.29, 0.717) is 0 Å². The monoisotopic (exact) mass is 168 g/mol. The summed E-state index contributed by atoms with van der Waals surface area (Å²) in [6.07, 6.45) is -0.389. The standard InChI is InChI=1S/C8H16N4/c1-5-4-6(12-11-5)8(2,3)7(9)10/h4,7H,9-10H2,1-3H3,(H,11,12). The molecule has 1 aromatic rings. The highest BCUT2D eigenvalue weighted by atomic mass is 15.1. The Morgan fingerprint density at radius 2 is 2.08 bits per heavy atom. The molecule has 0 saturated heterocycles. The molecular formula is C8H16N4. The molecule has 1 aromatic heterocycles. The molecule has 0 saturated carbocycles. The third-order valence-corrected chi connectivity index (χ3v) is 2.20. The van der Waals surface area contributed by atoms with Gasteiger partial charge in [-0.1, -0.05) is 13.8 Å². The summed E-state index contributed by atoms with van der Waals surface area (Å²) >= 11 is 0. The molecule has 1 rings (SSSR count). The van der Waals surface area contributed by atoms with Crippen molar-refractivity contribution in [2.45, 2.75) is 32.4 Å². The number of nitrogens with two attached hydrogens (primary N) is 2. The molecule has 0 spiro atoms. The van der Waals surface area contributed by atoms with Gasteiger partial charge in [-0.05, 0) is 13.0 Å². The molecule has 12 heavy (non-hydrogen) atoms. The van der Waals surface area contributed by atoms with Crippen molar-refractivity contribution in [1.29, 1.82) is 0 Å². The van der Waals surface area contributed by atoms with E-state index in [0.717, 1.165) is 11.4 Å². The highest BCUT2D eigenvalue weighted by Crippen LogP contribution is 2.22. The molecule has 0 radical (unpaired) electrons. The molecule has 68 valence electrons. The molecule has 1 heterocycles. The Morgan fingerprint density at radius 3 is 2.42 bits per heavy atom. The van der Waals surface area contributed by atoms with Gasteiger partial charge in [-0.15, -0.1) is 0 Å². The smallest absolute Gasteiger partial charge is 0.0709 e. The van der Waals surface area contributed by atoms with Crippen molar-refractivity contribution in [3.05, 3.63) is 17.5 Å². The number of hydrogen-bond acceptors (Lipinski definition) is 3. The lowest BCUT2D eigenvalue weighted by Crippen LogP contribution is -2.47. The van der Waals surface area contributed by atoms with Gasteiger partial charge in [-0.25, -0.2) is 0 Å². The van der Waals surface area contributed by atoms with Crippen molar-refractivity contribution >= 4 is 0 Å². The van der Waals surface area contributed by atoms with Crippen LogP contribution in [0.2, 0.25) is 0 Å². The van der Waals surface area contributed by atoms with Crippen molar-refractivity contribution in [2.75, 3.05) is 0 Å². The number of aromatic nitrogens is 2. The second kappa shape index (κ2) is 2.88. The van der Waals surface area contributed by atoms with Gasteiger partial charge in [0.25, 0.3) is 0 Å². The van der Waals surface area contributed by atoms with Crippen molar-refractivity contribution in [2.24, 2.45) is 11.5 Å². The molecule has 0 bridgehead atoms. The van der Waals surface area contributed by atoms with Crippen LogP contribution in [0, 0.1) is 6.92 Å². The van der Waals surface area contributed by atoms with Crippen molar-refractivity contribution in [3.63, 3.8) is 0 Å². The first-order valence-electron chi connectivity index (χ1n) is 3.98. The number of hydrogen-bond donors (Lipinski definition) is 3. The number of aryl methyl sites for hydroxylation is 1. The molecule has 0 aromatic carbocycles. The van der Waals surface area contributed by atoms with Gasteiger partial charge in [0.15, 0.2) is 0 Å². The largest absolute Gasteiger partial charge is 0.315 e. The van der Waals surface area contributed by atoms with Gasteiger partial charge < -0.3 is 11.5 Å². The summed E-state index contributed by atoms with van der Waals surface area (Å²) in [5.74, 6) is 0. The first-order chi connectivity index (χ1) is 5.44. The van der Waals surface area contributed by atoms with Crippen LogP contribution in [0.3, 0.4) is 0 Å². The van der Waals surface area contributed by atoms with Crippen molar-refractivity contribution in [1.82, 2.24) is 10.2 Å². The number of nitrogens with zero attached hydrogens (tertiary/aromatic N) is 1. The zero-order valence-corrected chi connectivity index (χ0v) is 7.76. The van der Waals surface area contributed by atoms with Gasteiger partial charge in [0.2, 0.25) is 0 Å². The molecule has 4 heteroatoms. The van der Waals surface area contributed by atoms with Gasteiger partial charge in [0.1, 0.15) is 0 Å². The Hall–Kier alpha value is -0.870. The Morgan fingerprint density at radius 1 is 1.50 bits per heavy atom. The topological polar surface area (TPSA) is 80.7 Å². The van der Waals surface area contributed by atoms with Crippen LogP contribution in [0.15, 0.2) is 6.07 Å². The normalized spacial score (nSPS) is 12.5. The fraction of sp³-hybridized carbons (Fsp3) is 0.625. The van der Waals surface area contributed by atoms with E-state index >= 15 is 0 Å². The molecular weight excluding hydrogens is 152 g/mol. The molecule has 4 nitrogen and oxygen atoms in total. The highest BCUT2D eigenvalue weighted by molar-refractivity contribution is 5.18. The predicted octanol–water partition coefficient (Wildman–Crippen LogP) is 0.239. The lowest BCUT2D eigenvalue weighted by Gasteiger charge is -2.26. The van der Waals surface area contributed by atoms with Crippen LogP contribution in [-0.2, 0) is 5.41 Å². The summed E-state index contributed by atoms with van der Waals surface area (Å²) in [5.41, 5.74) is 12.9.